The Balaban J connectivity index is 2.82. The van der Waals surface area contributed by atoms with Crippen LogP contribution in [0.5, 0.6) is 0 Å². The van der Waals surface area contributed by atoms with E-state index in [4.69, 9.17) is 8.85 Å². The third-order valence-electron chi connectivity index (χ3n) is 5.26. The Bertz CT molecular complexity index is 658. The van der Waals surface area contributed by atoms with E-state index in [-0.39, 0.29) is 5.04 Å². The van der Waals surface area contributed by atoms with Gasteiger partial charge in [0.1, 0.15) is 0 Å². The van der Waals surface area contributed by atoms with Crippen LogP contribution in [0.3, 0.4) is 0 Å². The van der Waals surface area contributed by atoms with E-state index in [9.17, 15) is 0 Å². The summed E-state index contributed by atoms with van der Waals surface area (Å²) in [4.78, 5) is 0. The van der Waals surface area contributed by atoms with Crippen molar-refractivity contribution in [1.82, 2.24) is 0 Å². The van der Waals surface area contributed by atoms with E-state index in [0.717, 1.165) is 0 Å². The maximum atomic E-state index is 6.16. The molecule has 0 spiro atoms. The smallest absolute Gasteiger partial charge is 0.378 e. The van der Waals surface area contributed by atoms with E-state index in [1.807, 2.05) is 0 Å². The van der Waals surface area contributed by atoms with Crippen LogP contribution in [0, 0.1) is 12.8 Å². The van der Waals surface area contributed by atoms with Gasteiger partial charge in [-0.25, -0.2) is 0 Å². The molecule has 0 N–H and O–H groups in total. The van der Waals surface area contributed by atoms with Gasteiger partial charge in [0.05, 0.1) is 0 Å². The summed E-state index contributed by atoms with van der Waals surface area (Å²) in [6, 6.07) is 13.0. The molecule has 0 saturated carbocycles. The number of hydrogen-bond donors (Lipinski definition) is 0. The molecule has 2 aromatic carbocycles. The normalized spacial score (nSPS) is 13.1. The summed E-state index contributed by atoms with van der Waals surface area (Å²) in [5.74, 6) is 0.458. The van der Waals surface area contributed by atoms with Crippen molar-refractivity contribution in [2.45, 2.75) is 39.7 Å². The molecule has 2 rings (SSSR count). The minimum Gasteiger partial charge on any atom is -0.394 e. The van der Waals surface area contributed by atoms with Gasteiger partial charge in [0.2, 0.25) is 0 Å². The van der Waals surface area contributed by atoms with Crippen molar-refractivity contribution in [2.24, 2.45) is 5.92 Å². The van der Waals surface area contributed by atoms with E-state index < -0.39 is 8.56 Å². The zero-order valence-corrected chi connectivity index (χ0v) is 15.9. The van der Waals surface area contributed by atoms with Crippen LogP contribution in [-0.2, 0) is 8.85 Å². The fourth-order valence-electron chi connectivity index (χ4n) is 3.23. The highest BCUT2D eigenvalue weighted by atomic mass is 28.4. The Kier molecular flexibility index (Phi) is 4.80. The highest BCUT2D eigenvalue weighted by molar-refractivity contribution is 6.85. The molecule has 0 aromatic heterocycles. The first kappa shape index (κ1) is 17.2. The molecular formula is C19H28O2Si. The molecule has 22 heavy (non-hydrogen) atoms. The summed E-state index contributed by atoms with van der Waals surface area (Å²) in [5, 5.41) is 3.69. The third-order valence-corrected chi connectivity index (χ3v) is 9.83. The second-order valence-electron chi connectivity index (χ2n) is 6.93. The highest BCUT2D eigenvalue weighted by Gasteiger charge is 2.54. The van der Waals surface area contributed by atoms with Gasteiger partial charge >= 0.3 is 8.56 Å². The third kappa shape index (κ3) is 2.51. The summed E-state index contributed by atoms with van der Waals surface area (Å²) < 4.78 is 12.3. The molecule has 0 heterocycles. The average molecular weight is 317 g/mol. The Morgan fingerprint density at radius 3 is 2.18 bits per heavy atom. The van der Waals surface area contributed by atoms with Crippen molar-refractivity contribution in [1.29, 1.82) is 0 Å². The van der Waals surface area contributed by atoms with Crippen LogP contribution < -0.4 is 5.19 Å². The first-order valence-electron chi connectivity index (χ1n) is 7.90. The minimum absolute atomic E-state index is 0.0471. The second-order valence-corrected chi connectivity index (χ2v) is 10.8. The van der Waals surface area contributed by atoms with Crippen LogP contribution in [0.2, 0.25) is 5.04 Å². The first-order valence-corrected chi connectivity index (χ1v) is 9.72. The number of rotatable bonds is 5. The molecule has 0 unspecified atom stereocenters. The molecule has 2 aromatic rings. The summed E-state index contributed by atoms with van der Waals surface area (Å²) in [6.45, 7) is 11.2. The lowest BCUT2D eigenvalue weighted by Gasteiger charge is -2.44. The van der Waals surface area contributed by atoms with Crippen molar-refractivity contribution in [2.75, 3.05) is 14.2 Å². The van der Waals surface area contributed by atoms with Gasteiger partial charge in [-0.1, -0.05) is 69.7 Å². The molecule has 0 bridgehead atoms. The molecule has 0 atom stereocenters. The lowest BCUT2D eigenvalue weighted by molar-refractivity contribution is 0.207. The number of aryl methyl sites for hydroxylation is 1. The van der Waals surface area contributed by atoms with Gasteiger partial charge in [-0.3, -0.25) is 0 Å². The van der Waals surface area contributed by atoms with Crippen LogP contribution in [0.4, 0.5) is 0 Å². The largest absolute Gasteiger partial charge is 0.394 e. The summed E-state index contributed by atoms with van der Waals surface area (Å²) >= 11 is 0. The summed E-state index contributed by atoms with van der Waals surface area (Å²) in [5.41, 5.74) is 1.26. The average Bonchev–Trinajstić information content (AvgIpc) is 2.49. The van der Waals surface area contributed by atoms with Crippen LogP contribution in [-0.4, -0.2) is 22.8 Å². The van der Waals surface area contributed by atoms with Crippen LogP contribution in [0.1, 0.15) is 33.3 Å². The number of hydrogen-bond acceptors (Lipinski definition) is 2. The molecule has 0 amide bonds. The Hall–Kier alpha value is -1.16. The van der Waals surface area contributed by atoms with Gasteiger partial charge in [0, 0.05) is 24.4 Å². The van der Waals surface area contributed by atoms with Gasteiger partial charge in [0.25, 0.3) is 0 Å². The van der Waals surface area contributed by atoms with E-state index in [1.54, 1.807) is 14.2 Å². The van der Waals surface area contributed by atoms with Gasteiger partial charge in [-0.05, 0) is 23.6 Å². The monoisotopic (exact) mass is 316 g/mol. The van der Waals surface area contributed by atoms with Crippen molar-refractivity contribution in [3.63, 3.8) is 0 Å². The molecule has 0 aliphatic heterocycles. The predicted octanol–water partition coefficient (Wildman–Crippen LogP) is 4.53. The quantitative estimate of drug-likeness (QED) is 0.755. The minimum atomic E-state index is -2.60. The van der Waals surface area contributed by atoms with Crippen molar-refractivity contribution in [3.8, 4) is 0 Å². The van der Waals surface area contributed by atoms with Gasteiger partial charge < -0.3 is 8.85 Å². The van der Waals surface area contributed by atoms with E-state index in [2.05, 4.69) is 71.0 Å². The molecule has 3 heteroatoms. The predicted molar refractivity (Wildman–Crippen MR) is 97.0 cm³/mol. The molecule has 0 saturated heterocycles. The molecular weight excluding hydrogens is 288 g/mol. The van der Waals surface area contributed by atoms with Crippen LogP contribution in [0.25, 0.3) is 10.8 Å². The molecule has 0 fully saturated rings. The van der Waals surface area contributed by atoms with Crippen LogP contribution >= 0.6 is 0 Å². The molecule has 120 valence electrons. The molecule has 0 aliphatic carbocycles. The van der Waals surface area contributed by atoms with E-state index >= 15 is 0 Å². The topological polar surface area (TPSA) is 18.5 Å². The van der Waals surface area contributed by atoms with Gasteiger partial charge in [-0.2, -0.15) is 0 Å². The fourth-order valence-corrected chi connectivity index (χ4v) is 7.23. The van der Waals surface area contributed by atoms with Gasteiger partial charge in [0.15, 0.2) is 0 Å². The molecule has 0 aliphatic rings. The lowest BCUT2D eigenvalue weighted by atomic mass is 9.99. The van der Waals surface area contributed by atoms with Crippen molar-refractivity contribution in [3.05, 3.63) is 42.0 Å². The maximum absolute atomic E-state index is 6.16. The molecule has 0 radical (unpaired) electrons. The summed E-state index contributed by atoms with van der Waals surface area (Å²) in [7, 11) is 1.00. The Morgan fingerprint density at radius 2 is 1.64 bits per heavy atom. The van der Waals surface area contributed by atoms with E-state index in [1.165, 1.54) is 21.5 Å². The summed E-state index contributed by atoms with van der Waals surface area (Å²) in [6.07, 6.45) is 0. The molecule has 2 nitrogen and oxygen atoms in total. The maximum Gasteiger partial charge on any atom is 0.378 e. The standard InChI is InChI=1S/C19H28O2Si/c1-14(2)19(4,5)22(20-6,21-7)18-10-8-9-16-12-11-15(3)13-17(16)18/h8-14H,1-7H3. The zero-order valence-electron chi connectivity index (χ0n) is 14.9. The van der Waals surface area contributed by atoms with Crippen LogP contribution in [0.15, 0.2) is 36.4 Å². The Labute approximate surface area is 135 Å². The SMILES string of the molecule is CO[Si](OC)(c1cccc2ccc(C)cc12)C(C)(C)C(C)C. The number of benzene rings is 2. The first-order chi connectivity index (χ1) is 10.3. The lowest BCUT2D eigenvalue weighted by Crippen LogP contribution is -2.61. The van der Waals surface area contributed by atoms with Gasteiger partial charge in [-0.15, -0.1) is 0 Å². The van der Waals surface area contributed by atoms with Crippen molar-refractivity contribution < 1.29 is 8.85 Å². The highest BCUT2D eigenvalue weighted by Crippen LogP contribution is 2.45. The zero-order chi connectivity index (χ0) is 16.5. The fraction of sp³-hybridized carbons (Fsp3) is 0.474. The van der Waals surface area contributed by atoms with E-state index in [0.29, 0.717) is 5.92 Å². The Morgan fingerprint density at radius 1 is 1.00 bits per heavy atom. The number of fused-ring (bicyclic) bond motifs is 1. The van der Waals surface area contributed by atoms with Crippen molar-refractivity contribution >= 4 is 24.5 Å². The second kappa shape index (κ2) is 6.15.